The minimum Gasteiger partial charge on any atom is -0.488 e. The molecule has 1 fully saturated rings. The Morgan fingerprint density at radius 3 is 2.33 bits per heavy atom. The van der Waals surface area contributed by atoms with Gasteiger partial charge in [0.25, 0.3) is 0 Å². The van der Waals surface area contributed by atoms with Crippen LogP contribution in [0.3, 0.4) is 0 Å². The average Bonchev–Trinajstić information content (AvgIpc) is 2.90. The van der Waals surface area contributed by atoms with Gasteiger partial charge >= 0.3 is 12.1 Å². The highest BCUT2D eigenvalue weighted by atomic mass is 35.5. The zero-order chi connectivity index (χ0) is 20.6. The molecule has 0 spiro atoms. The quantitative estimate of drug-likeness (QED) is 0.813. The maximum Gasteiger partial charge on any atom is 0.411 e. The Labute approximate surface area is 165 Å². The number of benzene rings is 1. The van der Waals surface area contributed by atoms with E-state index in [1.807, 2.05) is 26.8 Å². The van der Waals surface area contributed by atoms with Crippen molar-refractivity contribution in [2.24, 2.45) is 0 Å². The van der Waals surface area contributed by atoms with Crippen molar-refractivity contribution in [3.63, 3.8) is 0 Å². The van der Waals surface area contributed by atoms with Crippen LogP contribution in [0.25, 0.3) is 0 Å². The van der Waals surface area contributed by atoms with Crippen molar-refractivity contribution in [3.8, 4) is 5.75 Å². The van der Waals surface area contributed by atoms with Crippen molar-refractivity contribution in [2.75, 3.05) is 6.54 Å². The molecule has 2 rings (SSSR count). The molecule has 6 nitrogen and oxygen atoms in total. The molecule has 2 atom stereocenters. The molecule has 27 heavy (non-hydrogen) atoms. The Kier molecular flexibility index (Phi) is 6.00. The fourth-order valence-electron chi connectivity index (χ4n) is 3.01. The Bertz CT molecular complexity index is 720. The Morgan fingerprint density at radius 2 is 1.81 bits per heavy atom. The summed E-state index contributed by atoms with van der Waals surface area (Å²) in [4.78, 5) is 25.3. The molecule has 1 heterocycles. The molecule has 0 saturated carbocycles. The Morgan fingerprint density at radius 1 is 1.19 bits per heavy atom. The topological polar surface area (TPSA) is 76.1 Å². The second-order valence-corrected chi connectivity index (χ2v) is 9.29. The van der Waals surface area contributed by atoms with Gasteiger partial charge in [-0.1, -0.05) is 32.4 Å². The van der Waals surface area contributed by atoms with E-state index in [1.165, 1.54) is 4.90 Å². The van der Waals surface area contributed by atoms with Crippen LogP contribution in [0.5, 0.6) is 5.75 Å². The normalized spacial score (nSPS) is 20.5. The van der Waals surface area contributed by atoms with Crippen molar-refractivity contribution in [1.29, 1.82) is 0 Å². The Hall–Kier alpha value is -1.95. The number of rotatable bonds is 3. The molecule has 0 aliphatic carbocycles. The summed E-state index contributed by atoms with van der Waals surface area (Å²) in [6.07, 6.45) is -0.894. The van der Waals surface area contributed by atoms with Crippen LogP contribution in [0, 0.1) is 0 Å². The fourth-order valence-corrected chi connectivity index (χ4v) is 3.18. The summed E-state index contributed by atoms with van der Waals surface area (Å²) in [7, 11) is 0. The predicted molar refractivity (Wildman–Crippen MR) is 104 cm³/mol. The van der Waals surface area contributed by atoms with E-state index in [9.17, 15) is 14.7 Å². The number of nitrogens with zero attached hydrogens (tertiary/aromatic N) is 1. The first-order chi connectivity index (χ1) is 12.3. The smallest absolute Gasteiger partial charge is 0.411 e. The predicted octanol–water partition coefficient (Wildman–Crippen LogP) is 4.48. The molecule has 0 radical (unpaired) electrons. The molecule has 0 bridgehead atoms. The van der Waals surface area contributed by atoms with Crippen LogP contribution in [0.15, 0.2) is 18.2 Å². The summed E-state index contributed by atoms with van der Waals surface area (Å²) in [6, 6.07) is 4.40. The van der Waals surface area contributed by atoms with Crippen LogP contribution in [-0.2, 0) is 14.9 Å². The van der Waals surface area contributed by atoms with Crippen LogP contribution in [0.4, 0.5) is 4.79 Å². The van der Waals surface area contributed by atoms with Gasteiger partial charge in [-0.25, -0.2) is 9.59 Å². The number of hydrogen-bond acceptors (Lipinski definition) is 4. The lowest BCUT2D eigenvalue weighted by atomic mass is 9.86. The van der Waals surface area contributed by atoms with Crippen molar-refractivity contribution >= 4 is 23.7 Å². The molecule has 7 heteroatoms. The maximum atomic E-state index is 12.4. The summed E-state index contributed by atoms with van der Waals surface area (Å²) >= 11 is 6.13. The van der Waals surface area contributed by atoms with Crippen LogP contribution < -0.4 is 4.74 Å². The number of amides is 1. The fraction of sp³-hybridized carbons (Fsp3) is 0.600. The third kappa shape index (κ3) is 5.51. The van der Waals surface area contributed by atoms with E-state index >= 15 is 0 Å². The molecule has 1 aromatic carbocycles. The van der Waals surface area contributed by atoms with Gasteiger partial charge in [0, 0.05) is 17.0 Å². The van der Waals surface area contributed by atoms with Crippen molar-refractivity contribution in [3.05, 3.63) is 28.8 Å². The van der Waals surface area contributed by atoms with Gasteiger partial charge in [0.05, 0.1) is 6.54 Å². The summed E-state index contributed by atoms with van der Waals surface area (Å²) in [5, 5.41) is 10.1. The number of halogens is 1. The largest absolute Gasteiger partial charge is 0.488 e. The molecular weight excluding hydrogens is 370 g/mol. The molecular formula is C20H28ClNO5. The van der Waals surface area contributed by atoms with Crippen molar-refractivity contribution < 1.29 is 24.2 Å². The van der Waals surface area contributed by atoms with E-state index in [1.54, 1.807) is 32.9 Å². The van der Waals surface area contributed by atoms with Gasteiger partial charge in [0.2, 0.25) is 0 Å². The number of carbonyl (C=O) groups is 2. The van der Waals surface area contributed by atoms with Crippen LogP contribution in [0.2, 0.25) is 5.02 Å². The van der Waals surface area contributed by atoms with E-state index in [0.717, 1.165) is 5.56 Å². The summed E-state index contributed by atoms with van der Waals surface area (Å²) < 4.78 is 11.5. The molecule has 1 aliphatic rings. The average molecular weight is 398 g/mol. The number of hydrogen-bond donors (Lipinski definition) is 1. The lowest BCUT2D eigenvalue weighted by Gasteiger charge is -2.27. The second kappa shape index (κ2) is 7.58. The van der Waals surface area contributed by atoms with E-state index in [4.69, 9.17) is 21.1 Å². The number of carboxylic acid groups (broad SMARTS) is 1. The second-order valence-electron chi connectivity index (χ2n) is 8.85. The van der Waals surface area contributed by atoms with Gasteiger partial charge in [-0.2, -0.15) is 0 Å². The Balaban J connectivity index is 2.22. The van der Waals surface area contributed by atoms with Gasteiger partial charge in [-0.05, 0) is 44.4 Å². The van der Waals surface area contributed by atoms with Gasteiger partial charge < -0.3 is 14.6 Å². The zero-order valence-corrected chi connectivity index (χ0v) is 17.5. The summed E-state index contributed by atoms with van der Waals surface area (Å²) in [5.41, 5.74) is 0.0301. The molecule has 1 saturated heterocycles. The van der Waals surface area contributed by atoms with Crippen molar-refractivity contribution in [2.45, 2.75) is 71.1 Å². The lowest BCUT2D eigenvalue weighted by Crippen LogP contribution is -2.43. The van der Waals surface area contributed by atoms with Gasteiger partial charge in [0.1, 0.15) is 23.5 Å². The van der Waals surface area contributed by atoms with Crippen LogP contribution in [0.1, 0.15) is 53.5 Å². The van der Waals surface area contributed by atoms with Crippen LogP contribution in [-0.4, -0.2) is 46.4 Å². The molecule has 0 aromatic heterocycles. The molecule has 150 valence electrons. The first-order valence-electron chi connectivity index (χ1n) is 8.97. The minimum absolute atomic E-state index is 0.151. The van der Waals surface area contributed by atoms with E-state index in [0.29, 0.717) is 10.8 Å². The number of ether oxygens (including phenoxy) is 2. The van der Waals surface area contributed by atoms with Gasteiger partial charge in [-0.15, -0.1) is 0 Å². The zero-order valence-electron chi connectivity index (χ0n) is 16.7. The van der Waals surface area contributed by atoms with Crippen molar-refractivity contribution in [1.82, 2.24) is 4.90 Å². The number of likely N-dealkylation sites (tertiary alicyclic amines) is 1. The number of carboxylic acids is 1. The molecule has 0 unspecified atom stereocenters. The van der Waals surface area contributed by atoms with E-state index in [2.05, 4.69) is 0 Å². The number of aliphatic carboxylic acids is 1. The maximum absolute atomic E-state index is 12.4. The van der Waals surface area contributed by atoms with Gasteiger partial charge in [-0.3, -0.25) is 4.90 Å². The third-order valence-electron chi connectivity index (χ3n) is 4.22. The first kappa shape index (κ1) is 21.4. The SMILES string of the molecule is CC(C)(C)OC(=O)N1C[C@H](Oc2ccc(Cl)cc2C(C)(C)C)C[C@H]1C(=O)O. The minimum atomic E-state index is -1.07. The monoisotopic (exact) mass is 397 g/mol. The summed E-state index contributed by atoms with van der Waals surface area (Å²) in [5.74, 6) is -0.425. The van der Waals surface area contributed by atoms with Gasteiger partial charge in [0.15, 0.2) is 0 Å². The molecule has 1 amide bonds. The molecule has 1 aliphatic heterocycles. The first-order valence-corrected chi connectivity index (χ1v) is 9.35. The van der Waals surface area contributed by atoms with E-state index in [-0.39, 0.29) is 18.4 Å². The summed E-state index contributed by atoms with van der Waals surface area (Å²) in [6.45, 7) is 11.5. The van der Waals surface area contributed by atoms with E-state index < -0.39 is 29.8 Å². The third-order valence-corrected chi connectivity index (χ3v) is 4.45. The highest BCUT2D eigenvalue weighted by Crippen LogP contribution is 2.35. The molecule has 1 aromatic rings. The standard InChI is InChI=1S/C20H28ClNO5/c1-19(2,3)14-9-12(21)7-8-16(14)26-13-10-15(17(23)24)22(11-13)18(25)27-20(4,5)6/h7-9,13,15H,10-11H2,1-6H3,(H,23,24)/t13-,15+/m1/s1. The number of carbonyl (C=O) groups excluding carboxylic acids is 1. The highest BCUT2D eigenvalue weighted by Gasteiger charge is 2.43. The lowest BCUT2D eigenvalue weighted by molar-refractivity contribution is -0.142. The van der Waals surface area contributed by atoms with Crippen LogP contribution >= 0.6 is 11.6 Å². The molecule has 1 N–H and O–H groups in total. The highest BCUT2D eigenvalue weighted by molar-refractivity contribution is 6.30.